The molecule has 122 valence electrons. The van der Waals surface area contributed by atoms with Crippen molar-refractivity contribution in [3.05, 3.63) is 29.3 Å². The number of ether oxygens (including phenoxy) is 1. The van der Waals surface area contributed by atoms with Crippen LogP contribution in [0.25, 0.3) is 10.2 Å². The Morgan fingerprint density at radius 2 is 2.00 bits per heavy atom. The van der Waals surface area contributed by atoms with Gasteiger partial charge in [-0.25, -0.2) is 4.98 Å². The zero-order chi connectivity index (χ0) is 15.6. The van der Waals surface area contributed by atoms with E-state index in [1.807, 2.05) is 6.07 Å². The molecule has 23 heavy (non-hydrogen) atoms. The molecule has 0 radical (unpaired) electrons. The molecule has 0 bridgehead atoms. The van der Waals surface area contributed by atoms with Gasteiger partial charge in [0.25, 0.3) is 0 Å². The summed E-state index contributed by atoms with van der Waals surface area (Å²) in [5.74, 6) is 0.455. The number of nitrogens with zero attached hydrogens (tertiary/aromatic N) is 2. The minimum Gasteiger partial charge on any atom is -0.381 e. The Bertz CT molecular complexity index is 660. The molecule has 2 aromatic rings. The van der Waals surface area contributed by atoms with Gasteiger partial charge in [0, 0.05) is 25.7 Å². The molecular weight excluding hydrogens is 308 g/mol. The smallest absolute Gasteiger partial charge is 0.226 e. The maximum Gasteiger partial charge on any atom is 0.226 e. The van der Waals surface area contributed by atoms with E-state index in [1.54, 1.807) is 11.3 Å². The van der Waals surface area contributed by atoms with Crippen molar-refractivity contribution in [2.24, 2.45) is 5.92 Å². The topological polar surface area (TPSA) is 42.4 Å². The van der Waals surface area contributed by atoms with Gasteiger partial charge in [-0.2, -0.15) is 0 Å². The van der Waals surface area contributed by atoms with E-state index in [9.17, 15) is 4.79 Å². The van der Waals surface area contributed by atoms with Crippen molar-refractivity contribution >= 4 is 27.5 Å². The van der Waals surface area contributed by atoms with Crippen molar-refractivity contribution in [1.29, 1.82) is 0 Å². The number of amides is 1. The van der Waals surface area contributed by atoms with Gasteiger partial charge in [-0.15, -0.1) is 11.3 Å². The van der Waals surface area contributed by atoms with Crippen molar-refractivity contribution in [3.63, 3.8) is 0 Å². The zero-order valence-corrected chi connectivity index (χ0v) is 14.1. The summed E-state index contributed by atoms with van der Waals surface area (Å²) >= 11 is 1.74. The molecule has 4 nitrogen and oxygen atoms in total. The lowest BCUT2D eigenvalue weighted by molar-refractivity contribution is -0.142. The summed E-state index contributed by atoms with van der Waals surface area (Å²) in [6.07, 6.45) is 5.05. The van der Waals surface area contributed by atoms with Gasteiger partial charge < -0.3 is 9.64 Å². The number of piperidine rings is 1. The van der Waals surface area contributed by atoms with Crippen LogP contribution in [0.1, 0.15) is 43.2 Å². The first-order chi connectivity index (χ1) is 11.3. The highest BCUT2D eigenvalue weighted by Gasteiger charge is 2.34. The summed E-state index contributed by atoms with van der Waals surface area (Å²) in [6.45, 7) is 2.31. The molecule has 1 amide bonds. The zero-order valence-electron chi connectivity index (χ0n) is 13.2. The number of thiazole rings is 1. The van der Waals surface area contributed by atoms with Crippen LogP contribution < -0.4 is 0 Å². The van der Waals surface area contributed by atoms with Crippen LogP contribution in [0.15, 0.2) is 24.3 Å². The maximum absolute atomic E-state index is 13.0. The van der Waals surface area contributed by atoms with Crippen LogP contribution in [0, 0.1) is 5.92 Å². The molecule has 0 N–H and O–H groups in total. The first kappa shape index (κ1) is 15.1. The second-order valence-electron chi connectivity index (χ2n) is 6.45. The molecule has 1 atom stereocenters. The number of fused-ring (bicyclic) bond motifs is 1. The second-order valence-corrected chi connectivity index (χ2v) is 7.51. The predicted molar refractivity (Wildman–Crippen MR) is 91.5 cm³/mol. The minimum absolute atomic E-state index is 0.138. The standard InChI is InChI=1S/C18H22N2O2S/c21-18(13-8-11-22-12-9-13)20-10-4-3-6-15(20)17-19-14-5-1-2-7-16(14)23-17/h1-2,5,7,13,15H,3-4,6,8-12H2. The van der Waals surface area contributed by atoms with E-state index in [2.05, 4.69) is 23.1 Å². The number of rotatable bonds is 2. The average molecular weight is 330 g/mol. The van der Waals surface area contributed by atoms with Gasteiger partial charge in [0.1, 0.15) is 5.01 Å². The summed E-state index contributed by atoms with van der Waals surface area (Å²) in [4.78, 5) is 19.9. The molecule has 4 rings (SSSR count). The van der Waals surface area contributed by atoms with E-state index in [0.29, 0.717) is 5.91 Å². The molecule has 2 saturated heterocycles. The van der Waals surface area contributed by atoms with Gasteiger partial charge in [-0.05, 0) is 44.2 Å². The molecule has 0 saturated carbocycles. The summed E-state index contributed by atoms with van der Waals surface area (Å²) in [7, 11) is 0. The van der Waals surface area contributed by atoms with E-state index in [-0.39, 0.29) is 12.0 Å². The average Bonchev–Trinajstić information content (AvgIpc) is 3.06. The molecule has 2 fully saturated rings. The summed E-state index contributed by atoms with van der Waals surface area (Å²) in [5, 5.41) is 1.10. The number of carbonyl (C=O) groups excluding carboxylic acids is 1. The third-order valence-corrected chi connectivity index (χ3v) is 6.09. The van der Waals surface area contributed by atoms with E-state index >= 15 is 0 Å². The Morgan fingerprint density at radius 3 is 2.83 bits per heavy atom. The van der Waals surface area contributed by atoms with Crippen LogP contribution in [0.3, 0.4) is 0 Å². The number of para-hydroxylation sites is 1. The van der Waals surface area contributed by atoms with E-state index in [4.69, 9.17) is 9.72 Å². The largest absolute Gasteiger partial charge is 0.381 e. The van der Waals surface area contributed by atoms with Gasteiger partial charge in [-0.1, -0.05) is 12.1 Å². The van der Waals surface area contributed by atoms with Gasteiger partial charge in [0.2, 0.25) is 5.91 Å². The lowest BCUT2D eigenvalue weighted by Crippen LogP contribution is -2.43. The van der Waals surface area contributed by atoms with Crippen LogP contribution in [-0.2, 0) is 9.53 Å². The molecule has 1 unspecified atom stereocenters. The van der Waals surface area contributed by atoms with Crippen LogP contribution in [-0.4, -0.2) is 35.5 Å². The van der Waals surface area contributed by atoms with Crippen LogP contribution in [0.2, 0.25) is 0 Å². The molecule has 1 aromatic carbocycles. The van der Waals surface area contributed by atoms with Crippen molar-refractivity contribution in [1.82, 2.24) is 9.88 Å². The summed E-state index contributed by atoms with van der Waals surface area (Å²) < 4.78 is 6.62. The number of hydrogen-bond acceptors (Lipinski definition) is 4. The SMILES string of the molecule is O=C(C1CCOCC1)N1CCCCC1c1nc2ccccc2s1. The molecule has 2 aliphatic rings. The van der Waals surface area contributed by atoms with Crippen molar-refractivity contribution in [3.8, 4) is 0 Å². The third kappa shape index (κ3) is 3.00. The van der Waals surface area contributed by atoms with Crippen LogP contribution in [0.5, 0.6) is 0 Å². The highest BCUT2D eigenvalue weighted by Crippen LogP contribution is 2.37. The highest BCUT2D eigenvalue weighted by atomic mass is 32.1. The Balaban J connectivity index is 1.60. The number of benzene rings is 1. The van der Waals surface area contributed by atoms with Crippen molar-refractivity contribution < 1.29 is 9.53 Å². The van der Waals surface area contributed by atoms with Crippen LogP contribution >= 0.6 is 11.3 Å². The van der Waals surface area contributed by atoms with Crippen LogP contribution in [0.4, 0.5) is 0 Å². The fraction of sp³-hybridized carbons (Fsp3) is 0.556. The summed E-state index contributed by atoms with van der Waals surface area (Å²) in [6, 6.07) is 8.41. The van der Waals surface area contributed by atoms with Gasteiger partial charge in [0.05, 0.1) is 16.3 Å². The molecular formula is C18H22N2O2S. The van der Waals surface area contributed by atoms with Crippen molar-refractivity contribution in [2.45, 2.75) is 38.1 Å². The summed E-state index contributed by atoms with van der Waals surface area (Å²) in [5.41, 5.74) is 1.05. The molecule has 0 aliphatic carbocycles. The van der Waals surface area contributed by atoms with Crippen molar-refractivity contribution in [2.75, 3.05) is 19.8 Å². The Morgan fingerprint density at radius 1 is 1.17 bits per heavy atom. The second kappa shape index (κ2) is 6.57. The highest BCUT2D eigenvalue weighted by molar-refractivity contribution is 7.18. The molecule has 2 aliphatic heterocycles. The number of aromatic nitrogens is 1. The molecule has 5 heteroatoms. The van der Waals surface area contributed by atoms with E-state index in [1.165, 1.54) is 11.1 Å². The lowest BCUT2D eigenvalue weighted by atomic mass is 9.95. The Labute approximate surface area is 140 Å². The number of carbonyl (C=O) groups is 1. The third-order valence-electron chi connectivity index (χ3n) is 4.95. The first-order valence-electron chi connectivity index (χ1n) is 8.56. The van der Waals surface area contributed by atoms with E-state index < -0.39 is 0 Å². The number of likely N-dealkylation sites (tertiary alicyclic amines) is 1. The Hall–Kier alpha value is -1.46. The predicted octanol–water partition coefficient (Wildman–Crippen LogP) is 3.78. The van der Waals surface area contributed by atoms with Gasteiger partial charge in [0.15, 0.2) is 0 Å². The first-order valence-corrected chi connectivity index (χ1v) is 9.38. The fourth-order valence-corrected chi connectivity index (χ4v) is 4.78. The molecule has 1 aromatic heterocycles. The molecule has 0 spiro atoms. The van der Waals surface area contributed by atoms with Gasteiger partial charge >= 0.3 is 0 Å². The normalized spacial score (nSPS) is 23.3. The Kier molecular flexibility index (Phi) is 4.31. The monoisotopic (exact) mass is 330 g/mol. The quantitative estimate of drug-likeness (QED) is 0.841. The molecule has 3 heterocycles. The minimum atomic E-state index is 0.138. The lowest BCUT2D eigenvalue weighted by Gasteiger charge is -2.37. The maximum atomic E-state index is 13.0. The number of hydrogen-bond donors (Lipinski definition) is 0. The van der Waals surface area contributed by atoms with E-state index in [0.717, 1.165) is 56.0 Å². The fourth-order valence-electron chi connectivity index (χ4n) is 3.66. The van der Waals surface area contributed by atoms with Gasteiger partial charge in [-0.3, -0.25) is 4.79 Å².